The monoisotopic (exact) mass is 297 g/mol. The highest BCUT2D eigenvalue weighted by Crippen LogP contribution is 2.18. The second kappa shape index (κ2) is 5.62. The quantitative estimate of drug-likeness (QED) is 0.839. The van der Waals surface area contributed by atoms with E-state index < -0.39 is 21.7 Å². The van der Waals surface area contributed by atoms with Gasteiger partial charge in [-0.1, -0.05) is 12.1 Å². The Balaban J connectivity index is 1.89. The van der Waals surface area contributed by atoms with Gasteiger partial charge in [-0.05, 0) is 24.1 Å². The van der Waals surface area contributed by atoms with E-state index in [-0.39, 0.29) is 29.5 Å². The van der Waals surface area contributed by atoms with Crippen molar-refractivity contribution < 1.29 is 23.1 Å². The molecule has 2 rings (SSSR count). The molecule has 1 aromatic rings. The number of benzene rings is 1. The van der Waals surface area contributed by atoms with Crippen LogP contribution in [0.1, 0.15) is 22.3 Å². The highest BCUT2D eigenvalue weighted by atomic mass is 32.2. The van der Waals surface area contributed by atoms with Crippen LogP contribution in [0.4, 0.5) is 0 Å². The molecule has 1 unspecified atom stereocenters. The number of hydrogen-bond acceptors (Lipinski definition) is 4. The molecule has 20 heavy (non-hydrogen) atoms. The number of carboxylic acid groups (broad SMARTS) is 1. The number of sulfone groups is 1. The topological polar surface area (TPSA) is 101 Å². The van der Waals surface area contributed by atoms with Gasteiger partial charge in [0.05, 0.1) is 23.0 Å². The van der Waals surface area contributed by atoms with Crippen molar-refractivity contribution in [3.05, 3.63) is 35.4 Å². The van der Waals surface area contributed by atoms with Crippen molar-refractivity contribution in [2.24, 2.45) is 5.92 Å². The SMILES string of the molecule is O=C(O)c1ccc(CNC(=O)C2CCS(=O)(=O)C2)cc1. The Bertz CT molecular complexity index is 621. The van der Waals surface area contributed by atoms with Gasteiger partial charge in [0.25, 0.3) is 0 Å². The zero-order valence-electron chi connectivity index (χ0n) is 10.7. The predicted octanol–water partition coefficient (Wildman–Crippen LogP) is 0.436. The van der Waals surface area contributed by atoms with Crippen LogP contribution in [0.3, 0.4) is 0 Å². The average molecular weight is 297 g/mol. The fraction of sp³-hybridized carbons (Fsp3) is 0.385. The summed E-state index contributed by atoms with van der Waals surface area (Å²) in [6.45, 7) is 0.259. The first-order chi connectivity index (χ1) is 9.37. The zero-order chi connectivity index (χ0) is 14.8. The molecule has 0 saturated carbocycles. The number of amides is 1. The van der Waals surface area contributed by atoms with Crippen molar-refractivity contribution in [2.45, 2.75) is 13.0 Å². The Morgan fingerprint density at radius 3 is 2.40 bits per heavy atom. The zero-order valence-corrected chi connectivity index (χ0v) is 11.5. The molecule has 7 heteroatoms. The fourth-order valence-electron chi connectivity index (χ4n) is 2.10. The molecular weight excluding hydrogens is 282 g/mol. The molecular formula is C13H15NO5S. The van der Waals surface area contributed by atoms with E-state index in [0.717, 1.165) is 5.56 Å². The van der Waals surface area contributed by atoms with Crippen LogP contribution in [0, 0.1) is 5.92 Å². The number of carboxylic acids is 1. The molecule has 1 aliphatic heterocycles. The molecule has 0 spiro atoms. The summed E-state index contributed by atoms with van der Waals surface area (Å²) < 4.78 is 22.6. The molecule has 6 nitrogen and oxygen atoms in total. The van der Waals surface area contributed by atoms with Crippen LogP contribution >= 0.6 is 0 Å². The third kappa shape index (κ3) is 3.57. The van der Waals surface area contributed by atoms with E-state index in [1.54, 1.807) is 12.1 Å². The van der Waals surface area contributed by atoms with E-state index in [1.807, 2.05) is 0 Å². The second-order valence-corrected chi connectivity index (χ2v) is 7.05. The third-order valence-electron chi connectivity index (χ3n) is 3.27. The van der Waals surface area contributed by atoms with Gasteiger partial charge in [0.2, 0.25) is 5.91 Å². The van der Waals surface area contributed by atoms with Gasteiger partial charge in [0, 0.05) is 6.54 Å². The molecule has 1 atom stereocenters. The standard InChI is InChI=1S/C13H15NO5S/c15-12(11-5-6-20(18,19)8-11)14-7-9-1-3-10(4-2-9)13(16)17/h1-4,11H,5-8H2,(H,14,15)(H,16,17). The van der Waals surface area contributed by atoms with Gasteiger partial charge in [0.15, 0.2) is 9.84 Å². The Hall–Kier alpha value is -1.89. The van der Waals surface area contributed by atoms with E-state index in [4.69, 9.17) is 5.11 Å². The Labute approximate surface area is 116 Å². The largest absolute Gasteiger partial charge is 0.478 e. The molecule has 0 aliphatic carbocycles. The first kappa shape index (κ1) is 14.5. The number of carbonyl (C=O) groups is 2. The lowest BCUT2D eigenvalue weighted by atomic mass is 10.1. The minimum atomic E-state index is -3.06. The second-order valence-electron chi connectivity index (χ2n) is 4.82. The summed E-state index contributed by atoms with van der Waals surface area (Å²) in [7, 11) is -3.06. The van der Waals surface area contributed by atoms with Crippen LogP contribution in [-0.4, -0.2) is 36.9 Å². The van der Waals surface area contributed by atoms with Gasteiger partial charge in [-0.3, -0.25) is 4.79 Å². The maximum atomic E-state index is 11.8. The first-order valence-electron chi connectivity index (χ1n) is 6.18. The van der Waals surface area contributed by atoms with Crippen molar-refractivity contribution in [3.63, 3.8) is 0 Å². The molecule has 2 N–H and O–H groups in total. The van der Waals surface area contributed by atoms with Gasteiger partial charge in [0.1, 0.15) is 0 Å². The highest BCUT2D eigenvalue weighted by Gasteiger charge is 2.32. The summed E-state index contributed by atoms with van der Waals surface area (Å²) >= 11 is 0. The van der Waals surface area contributed by atoms with Gasteiger partial charge in [-0.2, -0.15) is 0 Å². The van der Waals surface area contributed by atoms with Gasteiger partial charge < -0.3 is 10.4 Å². The van der Waals surface area contributed by atoms with E-state index in [1.165, 1.54) is 12.1 Å². The summed E-state index contributed by atoms with van der Waals surface area (Å²) in [5.74, 6) is -1.77. The first-order valence-corrected chi connectivity index (χ1v) is 8.00. The van der Waals surface area contributed by atoms with Crippen molar-refractivity contribution in [1.82, 2.24) is 5.32 Å². The maximum Gasteiger partial charge on any atom is 0.335 e. The summed E-state index contributed by atoms with van der Waals surface area (Å²) in [6.07, 6.45) is 0.367. The molecule has 1 heterocycles. The lowest BCUT2D eigenvalue weighted by Gasteiger charge is -2.09. The Kier molecular flexibility index (Phi) is 4.08. The summed E-state index contributed by atoms with van der Waals surface area (Å²) in [5, 5.41) is 11.4. The van der Waals surface area contributed by atoms with Gasteiger partial charge >= 0.3 is 5.97 Å². The molecule has 0 aromatic heterocycles. The van der Waals surface area contributed by atoms with Crippen molar-refractivity contribution in [1.29, 1.82) is 0 Å². The molecule has 1 fully saturated rings. The minimum Gasteiger partial charge on any atom is -0.478 e. The molecule has 0 radical (unpaired) electrons. The number of hydrogen-bond donors (Lipinski definition) is 2. The van der Waals surface area contributed by atoms with Gasteiger partial charge in [-0.15, -0.1) is 0 Å². The number of aromatic carboxylic acids is 1. The van der Waals surface area contributed by atoms with Crippen LogP contribution in [0.25, 0.3) is 0 Å². The Morgan fingerprint density at radius 1 is 1.25 bits per heavy atom. The highest BCUT2D eigenvalue weighted by molar-refractivity contribution is 7.91. The van der Waals surface area contributed by atoms with Crippen LogP contribution in [-0.2, 0) is 21.2 Å². The molecule has 0 bridgehead atoms. The third-order valence-corrected chi connectivity index (χ3v) is 5.04. The summed E-state index contributed by atoms with van der Waals surface area (Å²) in [6, 6.07) is 6.16. The van der Waals surface area contributed by atoms with Crippen molar-refractivity contribution >= 4 is 21.7 Å². The minimum absolute atomic E-state index is 0.0679. The molecule has 1 saturated heterocycles. The fourth-order valence-corrected chi connectivity index (χ4v) is 3.84. The lowest BCUT2D eigenvalue weighted by Crippen LogP contribution is -2.30. The van der Waals surface area contributed by atoms with Gasteiger partial charge in [-0.25, -0.2) is 13.2 Å². The molecule has 1 aliphatic rings. The van der Waals surface area contributed by atoms with E-state index in [2.05, 4.69) is 5.32 Å². The summed E-state index contributed by atoms with van der Waals surface area (Å²) in [5.41, 5.74) is 0.950. The van der Waals surface area contributed by atoms with Crippen LogP contribution in [0.5, 0.6) is 0 Å². The number of carbonyl (C=O) groups excluding carboxylic acids is 1. The van der Waals surface area contributed by atoms with E-state index >= 15 is 0 Å². The van der Waals surface area contributed by atoms with Crippen LogP contribution < -0.4 is 5.32 Å². The van der Waals surface area contributed by atoms with Crippen molar-refractivity contribution in [3.8, 4) is 0 Å². The normalized spacial score (nSPS) is 20.5. The lowest BCUT2D eigenvalue weighted by molar-refractivity contribution is -0.124. The molecule has 1 aromatic carbocycles. The molecule has 1 amide bonds. The number of nitrogens with one attached hydrogen (secondary N) is 1. The van der Waals surface area contributed by atoms with E-state index in [9.17, 15) is 18.0 Å². The number of rotatable bonds is 4. The van der Waals surface area contributed by atoms with Crippen LogP contribution in [0.2, 0.25) is 0 Å². The smallest absolute Gasteiger partial charge is 0.335 e. The molecule has 108 valence electrons. The predicted molar refractivity (Wildman–Crippen MR) is 72.0 cm³/mol. The summed E-state index contributed by atoms with van der Waals surface area (Å²) in [4.78, 5) is 22.5. The van der Waals surface area contributed by atoms with Crippen molar-refractivity contribution in [2.75, 3.05) is 11.5 Å². The average Bonchev–Trinajstić information content (AvgIpc) is 2.77. The Morgan fingerprint density at radius 2 is 1.90 bits per heavy atom. The van der Waals surface area contributed by atoms with E-state index in [0.29, 0.717) is 6.42 Å². The maximum absolute atomic E-state index is 11.8. The van der Waals surface area contributed by atoms with Crippen LogP contribution in [0.15, 0.2) is 24.3 Å².